The van der Waals surface area contributed by atoms with Crippen molar-refractivity contribution in [3.8, 4) is 11.5 Å². The van der Waals surface area contributed by atoms with Crippen LogP contribution < -0.4 is 11.3 Å². The van der Waals surface area contributed by atoms with Crippen LogP contribution in [0.4, 0.5) is 0 Å². The van der Waals surface area contributed by atoms with Crippen LogP contribution in [0.5, 0.6) is 0 Å². The molecule has 2 aromatic rings. The van der Waals surface area contributed by atoms with Crippen molar-refractivity contribution in [1.82, 2.24) is 15.0 Å². The van der Waals surface area contributed by atoms with E-state index < -0.39 is 0 Å². The van der Waals surface area contributed by atoms with Crippen molar-refractivity contribution in [3.63, 3.8) is 0 Å². The number of aromatic amines is 1. The van der Waals surface area contributed by atoms with Gasteiger partial charge in [0.25, 0.3) is 5.56 Å². The van der Waals surface area contributed by atoms with E-state index in [2.05, 4.69) is 30.9 Å². The van der Waals surface area contributed by atoms with Gasteiger partial charge in [-0.15, -0.1) is 0 Å². The number of rotatable bonds is 2. The van der Waals surface area contributed by atoms with Gasteiger partial charge in [0, 0.05) is 23.3 Å². The summed E-state index contributed by atoms with van der Waals surface area (Å²) in [4.78, 5) is 22.3. The molecule has 0 aromatic carbocycles. The molecule has 0 unspecified atom stereocenters. The summed E-state index contributed by atoms with van der Waals surface area (Å²) in [5.74, 6) is 0.417. The maximum Gasteiger partial charge on any atom is 0.251 e. The van der Waals surface area contributed by atoms with Gasteiger partial charge in [0.1, 0.15) is 5.69 Å². The van der Waals surface area contributed by atoms with Crippen LogP contribution in [-0.2, 0) is 6.54 Å². The highest BCUT2D eigenvalue weighted by atomic mass is 79.9. The van der Waals surface area contributed by atoms with Crippen molar-refractivity contribution >= 4 is 15.9 Å². The molecular weight excluding hydrogens is 272 g/mol. The zero-order chi connectivity index (χ0) is 11.5. The van der Waals surface area contributed by atoms with Crippen LogP contribution >= 0.6 is 15.9 Å². The first-order chi connectivity index (χ1) is 7.70. The lowest BCUT2D eigenvalue weighted by atomic mass is 10.3. The predicted octanol–water partition coefficient (Wildman–Crippen LogP) is 1.05. The summed E-state index contributed by atoms with van der Waals surface area (Å²) in [6, 6.07) is 5.00. The highest BCUT2D eigenvalue weighted by Gasteiger charge is 2.07. The summed E-state index contributed by atoms with van der Waals surface area (Å²) >= 11 is 3.35. The second-order valence-corrected chi connectivity index (χ2v) is 3.98. The molecule has 82 valence electrons. The fourth-order valence-electron chi connectivity index (χ4n) is 1.28. The van der Waals surface area contributed by atoms with Crippen molar-refractivity contribution < 1.29 is 0 Å². The Hall–Kier alpha value is -1.53. The van der Waals surface area contributed by atoms with Crippen molar-refractivity contribution in [2.75, 3.05) is 0 Å². The molecule has 16 heavy (non-hydrogen) atoms. The Morgan fingerprint density at radius 2 is 2.31 bits per heavy atom. The highest BCUT2D eigenvalue weighted by molar-refractivity contribution is 9.10. The quantitative estimate of drug-likeness (QED) is 0.861. The Labute approximate surface area is 99.9 Å². The summed E-state index contributed by atoms with van der Waals surface area (Å²) in [5, 5.41) is 0. The van der Waals surface area contributed by atoms with Crippen LogP contribution in [0.1, 0.15) is 5.69 Å². The van der Waals surface area contributed by atoms with E-state index in [0.29, 0.717) is 17.2 Å². The van der Waals surface area contributed by atoms with Crippen LogP contribution in [0, 0.1) is 0 Å². The number of nitrogens with zero attached hydrogens (tertiary/aromatic N) is 2. The van der Waals surface area contributed by atoms with E-state index >= 15 is 0 Å². The number of hydrogen-bond donors (Lipinski definition) is 2. The van der Waals surface area contributed by atoms with Gasteiger partial charge in [-0.2, -0.15) is 0 Å². The Kier molecular flexibility index (Phi) is 3.12. The van der Waals surface area contributed by atoms with E-state index in [1.54, 1.807) is 12.3 Å². The van der Waals surface area contributed by atoms with Crippen LogP contribution in [0.3, 0.4) is 0 Å². The van der Waals surface area contributed by atoms with E-state index in [9.17, 15) is 4.79 Å². The number of H-pyrrole nitrogens is 1. The van der Waals surface area contributed by atoms with Crippen LogP contribution in [0.2, 0.25) is 0 Å². The molecule has 6 heteroatoms. The monoisotopic (exact) mass is 280 g/mol. The summed E-state index contributed by atoms with van der Waals surface area (Å²) in [6.07, 6.45) is 1.63. The lowest BCUT2D eigenvalue weighted by Gasteiger charge is -2.03. The molecule has 0 fully saturated rings. The summed E-state index contributed by atoms with van der Waals surface area (Å²) in [6.45, 7) is 0.224. The normalized spacial score (nSPS) is 10.4. The SMILES string of the molecule is NCc1cc(=O)[nH]c(-c2ncccc2Br)n1. The number of hydrogen-bond acceptors (Lipinski definition) is 4. The van der Waals surface area contributed by atoms with E-state index in [0.717, 1.165) is 4.47 Å². The molecule has 2 aromatic heterocycles. The first-order valence-electron chi connectivity index (χ1n) is 4.62. The molecule has 0 amide bonds. The van der Waals surface area contributed by atoms with Gasteiger partial charge >= 0.3 is 0 Å². The van der Waals surface area contributed by atoms with Crippen LogP contribution in [0.25, 0.3) is 11.5 Å². The minimum atomic E-state index is -0.233. The van der Waals surface area contributed by atoms with E-state index in [1.165, 1.54) is 6.07 Å². The molecular formula is C10H9BrN4O. The number of pyridine rings is 1. The van der Waals surface area contributed by atoms with E-state index in [4.69, 9.17) is 5.73 Å². The van der Waals surface area contributed by atoms with Crippen molar-refractivity contribution in [2.45, 2.75) is 6.54 Å². The average molecular weight is 281 g/mol. The predicted molar refractivity (Wildman–Crippen MR) is 63.7 cm³/mol. The second kappa shape index (κ2) is 4.54. The maximum atomic E-state index is 11.4. The molecule has 5 nitrogen and oxygen atoms in total. The summed E-state index contributed by atoms with van der Waals surface area (Å²) in [7, 11) is 0. The topological polar surface area (TPSA) is 84.7 Å². The number of nitrogens with one attached hydrogen (secondary N) is 1. The minimum absolute atomic E-state index is 0.224. The van der Waals surface area contributed by atoms with Gasteiger partial charge in [0.05, 0.1) is 5.69 Å². The Balaban J connectivity index is 2.60. The molecule has 0 aliphatic heterocycles. The van der Waals surface area contributed by atoms with Crippen LogP contribution in [-0.4, -0.2) is 15.0 Å². The first kappa shape index (κ1) is 11.0. The standard InChI is InChI=1S/C10H9BrN4O/c11-7-2-1-3-13-9(7)10-14-6(5-12)4-8(16)15-10/h1-4H,5,12H2,(H,14,15,16). The molecule has 0 atom stereocenters. The zero-order valence-electron chi connectivity index (χ0n) is 8.27. The van der Waals surface area contributed by atoms with Gasteiger partial charge in [0.2, 0.25) is 0 Å². The zero-order valence-corrected chi connectivity index (χ0v) is 9.86. The average Bonchev–Trinajstić information content (AvgIpc) is 2.28. The molecule has 0 spiro atoms. The van der Waals surface area contributed by atoms with Gasteiger partial charge in [-0.3, -0.25) is 9.78 Å². The third-order valence-corrected chi connectivity index (χ3v) is 2.63. The lowest BCUT2D eigenvalue weighted by molar-refractivity contribution is 0.950. The van der Waals surface area contributed by atoms with Crippen LogP contribution in [0.15, 0.2) is 33.7 Å². The number of halogens is 1. The summed E-state index contributed by atoms with van der Waals surface area (Å²) in [5.41, 5.74) is 6.35. The maximum absolute atomic E-state index is 11.4. The molecule has 0 saturated carbocycles. The fourth-order valence-corrected chi connectivity index (χ4v) is 1.73. The van der Waals surface area contributed by atoms with Gasteiger partial charge < -0.3 is 10.7 Å². The van der Waals surface area contributed by atoms with Gasteiger partial charge in [-0.1, -0.05) is 0 Å². The van der Waals surface area contributed by atoms with E-state index in [1.807, 2.05) is 6.07 Å². The largest absolute Gasteiger partial charge is 0.325 e. The summed E-state index contributed by atoms with van der Waals surface area (Å²) < 4.78 is 0.771. The van der Waals surface area contributed by atoms with Crippen molar-refractivity contribution in [1.29, 1.82) is 0 Å². The van der Waals surface area contributed by atoms with E-state index in [-0.39, 0.29) is 12.1 Å². The first-order valence-corrected chi connectivity index (χ1v) is 5.41. The molecule has 2 rings (SSSR count). The minimum Gasteiger partial charge on any atom is -0.325 e. The Morgan fingerprint density at radius 3 is 3.00 bits per heavy atom. The van der Waals surface area contributed by atoms with Gasteiger partial charge in [0.15, 0.2) is 5.82 Å². The smallest absolute Gasteiger partial charge is 0.251 e. The fraction of sp³-hybridized carbons (Fsp3) is 0.100. The Bertz CT molecular complexity index is 567. The van der Waals surface area contributed by atoms with Gasteiger partial charge in [-0.25, -0.2) is 4.98 Å². The number of nitrogens with two attached hydrogens (primary N) is 1. The molecule has 0 saturated heterocycles. The number of aromatic nitrogens is 3. The second-order valence-electron chi connectivity index (χ2n) is 3.12. The lowest BCUT2D eigenvalue weighted by Crippen LogP contribution is -2.13. The third-order valence-electron chi connectivity index (χ3n) is 1.99. The van der Waals surface area contributed by atoms with Gasteiger partial charge in [-0.05, 0) is 28.1 Å². The van der Waals surface area contributed by atoms with Crippen molar-refractivity contribution in [3.05, 3.63) is 44.9 Å². The Morgan fingerprint density at radius 1 is 1.50 bits per heavy atom. The molecule has 3 N–H and O–H groups in total. The molecule has 0 aliphatic carbocycles. The van der Waals surface area contributed by atoms with Crippen molar-refractivity contribution in [2.24, 2.45) is 5.73 Å². The molecule has 0 bridgehead atoms. The molecule has 0 radical (unpaired) electrons. The highest BCUT2D eigenvalue weighted by Crippen LogP contribution is 2.21. The molecule has 0 aliphatic rings. The molecule has 2 heterocycles. The third kappa shape index (κ3) is 2.17.